The monoisotopic (exact) mass is 460 g/mol. The summed E-state index contributed by atoms with van der Waals surface area (Å²) < 4.78 is 5.78. The van der Waals surface area contributed by atoms with Crippen molar-refractivity contribution in [3.05, 3.63) is 70.8 Å². The standard InChI is InChI=1S/C27H28N2O5/c1-3-14-28-21-9-5-4-8-20(21)27(26(28)33)22(23(30)18-12-10-17(2)11-13-18)24(31)25(32)29(27)16-19-7-6-15-34-19/h4-5,8-13,19,30H,3,6-7,14-16H2,1-2H3/t19-,27-/m1/s1. The van der Waals surface area contributed by atoms with Crippen LogP contribution in [-0.4, -0.2) is 53.4 Å². The molecule has 1 N–H and O–H groups in total. The van der Waals surface area contributed by atoms with E-state index >= 15 is 0 Å². The second-order valence-electron chi connectivity index (χ2n) is 9.15. The van der Waals surface area contributed by atoms with Crippen molar-refractivity contribution in [1.29, 1.82) is 0 Å². The fourth-order valence-corrected chi connectivity index (χ4v) is 5.41. The number of rotatable bonds is 5. The molecule has 34 heavy (non-hydrogen) atoms. The summed E-state index contributed by atoms with van der Waals surface area (Å²) in [5, 5.41) is 11.4. The van der Waals surface area contributed by atoms with E-state index in [0.29, 0.717) is 36.4 Å². The summed E-state index contributed by atoms with van der Waals surface area (Å²) in [5.41, 5.74) is 0.680. The normalized spacial score (nSPS) is 25.6. The minimum absolute atomic E-state index is 0.106. The third-order valence-corrected chi connectivity index (χ3v) is 6.99. The van der Waals surface area contributed by atoms with Crippen molar-refractivity contribution in [2.45, 2.75) is 44.8 Å². The molecular formula is C27H28N2O5. The summed E-state index contributed by atoms with van der Waals surface area (Å²) in [6.45, 7) is 5.01. The van der Waals surface area contributed by atoms with E-state index in [4.69, 9.17) is 4.74 Å². The fraction of sp³-hybridized carbons (Fsp3) is 0.370. The van der Waals surface area contributed by atoms with Crippen LogP contribution in [0.3, 0.4) is 0 Å². The lowest BCUT2D eigenvalue weighted by atomic mass is 9.81. The van der Waals surface area contributed by atoms with Crippen LogP contribution in [0.2, 0.25) is 0 Å². The van der Waals surface area contributed by atoms with Crippen LogP contribution in [0.15, 0.2) is 54.1 Å². The zero-order valence-electron chi connectivity index (χ0n) is 19.4. The van der Waals surface area contributed by atoms with Gasteiger partial charge in [-0.15, -0.1) is 0 Å². The Hall–Kier alpha value is -3.45. The van der Waals surface area contributed by atoms with Gasteiger partial charge in [0.15, 0.2) is 5.54 Å². The number of carbonyl (C=O) groups excluding carboxylic acids is 3. The highest BCUT2D eigenvalue weighted by Gasteiger charge is 2.67. The number of ketones is 1. The molecule has 2 amide bonds. The van der Waals surface area contributed by atoms with Crippen LogP contribution in [0.1, 0.15) is 42.9 Å². The number of anilines is 1. The number of carbonyl (C=O) groups is 3. The number of fused-ring (bicyclic) bond motifs is 2. The SMILES string of the molecule is CCCN1C(=O)[C@]2(C(=C(O)c3ccc(C)cc3)C(=O)C(=O)N2C[C@H]2CCCO2)c2ccccc21. The maximum absolute atomic E-state index is 14.2. The molecule has 7 heteroatoms. The van der Waals surface area contributed by atoms with Gasteiger partial charge in [-0.05, 0) is 32.3 Å². The predicted octanol–water partition coefficient (Wildman–Crippen LogP) is 3.51. The molecule has 2 aromatic carbocycles. The molecule has 2 atom stereocenters. The number of ether oxygens (including phenoxy) is 1. The van der Waals surface area contributed by atoms with Gasteiger partial charge in [0.05, 0.1) is 17.4 Å². The Morgan fingerprint density at radius 2 is 1.85 bits per heavy atom. The Balaban J connectivity index is 1.79. The predicted molar refractivity (Wildman–Crippen MR) is 127 cm³/mol. The van der Waals surface area contributed by atoms with Gasteiger partial charge in [0.1, 0.15) is 5.76 Å². The highest BCUT2D eigenvalue weighted by molar-refractivity contribution is 6.50. The average Bonchev–Trinajstić information content (AvgIpc) is 3.49. The van der Waals surface area contributed by atoms with Gasteiger partial charge in [0.25, 0.3) is 17.6 Å². The number of para-hydroxylation sites is 1. The summed E-state index contributed by atoms with van der Waals surface area (Å²) in [6.07, 6.45) is 2.03. The summed E-state index contributed by atoms with van der Waals surface area (Å²) in [7, 11) is 0. The van der Waals surface area contributed by atoms with E-state index in [-0.39, 0.29) is 29.9 Å². The lowest BCUT2D eigenvalue weighted by molar-refractivity contribution is -0.145. The van der Waals surface area contributed by atoms with Crippen molar-refractivity contribution < 1.29 is 24.2 Å². The topological polar surface area (TPSA) is 87.2 Å². The summed E-state index contributed by atoms with van der Waals surface area (Å²) >= 11 is 0. The molecule has 176 valence electrons. The average molecular weight is 461 g/mol. The van der Waals surface area contributed by atoms with E-state index in [1.807, 2.05) is 38.1 Å². The van der Waals surface area contributed by atoms with Gasteiger partial charge in [-0.25, -0.2) is 0 Å². The van der Waals surface area contributed by atoms with Gasteiger partial charge in [-0.2, -0.15) is 0 Å². The number of likely N-dealkylation sites (tertiary alicyclic amines) is 1. The molecule has 1 spiro atoms. The van der Waals surface area contributed by atoms with E-state index in [1.54, 1.807) is 29.2 Å². The largest absolute Gasteiger partial charge is 0.507 e. The quantitative estimate of drug-likeness (QED) is 0.419. The number of aryl methyl sites for hydroxylation is 1. The minimum atomic E-state index is -1.72. The number of aliphatic hydroxyl groups excluding tert-OH is 1. The third kappa shape index (κ3) is 3.10. The van der Waals surface area contributed by atoms with E-state index in [0.717, 1.165) is 18.4 Å². The van der Waals surface area contributed by atoms with Gasteiger partial charge in [-0.3, -0.25) is 14.4 Å². The zero-order valence-corrected chi connectivity index (χ0v) is 19.4. The summed E-state index contributed by atoms with van der Waals surface area (Å²) in [6, 6.07) is 14.3. The number of Topliss-reactive ketones (excluding diaryl/α,β-unsaturated/α-hetero) is 1. The van der Waals surface area contributed by atoms with Gasteiger partial charge >= 0.3 is 0 Å². The van der Waals surface area contributed by atoms with Crippen molar-refractivity contribution in [3.63, 3.8) is 0 Å². The molecule has 0 unspecified atom stereocenters. The molecule has 0 aliphatic carbocycles. The first kappa shape index (κ1) is 22.3. The molecule has 2 saturated heterocycles. The summed E-state index contributed by atoms with van der Waals surface area (Å²) in [4.78, 5) is 44.2. The molecule has 5 rings (SSSR count). The summed E-state index contributed by atoms with van der Waals surface area (Å²) in [5.74, 6) is -2.36. The van der Waals surface area contributed by atoms with Crippen LogP contribution < -0.4 is 4.90 Å². The number of hydrogen-bond donors (Lipinski definition) is 1. The molecule has 3 aliphatic rings. The number of hydrogen-bond acceptors (Lipinski definition) is 5. The van der Waals surface area contributed by atoms with Crippen LogP contribution >= 0.6 is 0 Å². The van der Waals surface area contributed by atoms with Crippen molar-refractivity contribution in [2.24, 2.45) is 0 Å². The molecule has 2 aromatic rings. The first-order chi connectivity index (χ1) is 16.4. The number of nitrogens with zero attached hydrogens (tertiary/aromatic N) is 2. The highest BCUT2D eigenvalue weighted by Crippen LogP contribution is 2.53. The third-order valence-electron chi connectivity index (χ3n) is 6.99. The highest BCUT2D eigenvalue weighted by atomic mass is 16.5. The first-order valence-corrected chi connectivity index (χ1v) is 11.8. The van der Waals surface area contributed by atoms with Crippen LogP contribution in [0.5, 0.6) is 0 Å². The smallest absolute Gasteiger partial charge is 0.296 e. The fourth-order valence-electron chi connectivity index (χ4n) is 5.41. The maximum atomic E-state index is 14.2. The molecule has 2 fully saturated rings. The number of amides is 2. The van der Waals surface area contributed by atoms with Gasteiger partial charge in [0.2, 0.25) is 0 Å². The Kier molecular flexibility index (Phi) is 5.52. The van der Waals surface area contributed by atoms with E-state index in [9.17, 15) is 19.5 Å². The van der Waals surface area contributed by atoms with E-state index < -0.39 is 17.2 Å². The van der Waals surface area contributed by atoms with Crippen molar-refractivity contribution in [1.82, 2.24) is 4.90 Å². The van der Waals surface area contributed by atoms with Gasteiger partial charge in [0, 0.05) is 30.8 Å². The van der Waals surface area contributed by atoms with Crippen LogP contribution in [0, 0.1) is 6.92 Å². The Morgan fingerprint density at radius 1 is 1.12 bits per heavy atom. The lowest BCUT2D eigenvalue weighted by Crippen LogP contribution is -2.53. The molecule has 0 radical (unpaired) electrons. The first-order valence-electron chi connectivity index (χ1n) is 11.8. The molecule has 3 heterocycles. The molecule has 0 saturated carbocycles. The minimum Gasteiger partial charge on any atom is -0.507 e. The maximum Gasteiger partial charge on any atom is 0.296 e. The molecule has 3 aliphatic heterocycles. The van der Waals surface area contributed by atoms with Gasteiger partial charge < -0.3 is 19.6 Å². The molecule has 0 bridgehead atoms. The van der Waals surface area contributed by atoms with E-state index in [1.165, 1.54) is 4.90 Å². The second kappa shape index (κ2) is 8.40. The number of aliphatic hydroxyl groups is 1. The molecule has 0 aromatic heterocycles. The Morgan fingerprint density at radius 3 is 2.53 bits per heavy atom. The van der Waals surface area contributed by atoms with Crippen molar-refractivity contribution >= 4 is 29.0 Å². The number of benzene rings is 2. The van der Waals surface area contributed by atoms with Crippen molar-refractivity contribution in [2.75, 3.05) is 24.6 Å². The Labute approximate surface area is 198 Å². The molecule has 7 nitrogen and oxygen atoms in total. The van der Waals surface area contributed by atoms with Gasteiger partial charge in [-0.1, -0.05) is 55.0 Å². The molecular weight excluding hydrogens is 432 g/mol. The zero-order chi connectivity index (χ0) is 24.0. The van der Waals surface area contributed by atoms with Crippen LogP contribution in [-0.2, 0) is 24.7 Å². The lowest BCUT2D eigenvalue weighted by Gasteiger charge is -2.35. The van der Waals surface area contributed by atoms with Crippen molar-refractivity contribution in [3.8, 4) is 0 Å². The second-order valence-corrected chi connectivity index (χ2v) is 9.15. The Bertz CT molecular complexity index is 1200. The van der Waals surface area contributed by atoms with Crippen LogP contribution in [0.4, 0.5) is 5.69 Å². The van der Waals surface area contributed by atoms with Crippen LogP contribution in [0.25, 0.3) is 5.76 Å². The van der Waals surface area contributed by atoms with E-state index in [2.05, 4.69) is 0 Å².